The fourth-order valence-electron chi connectivity index (χ4n) is 3.37. The van der Waals surface area contributed by atoms with Crippen LogP contribution in [-0.2, 0) is 9.53 Å². The Balaban J connectivity index is 2.14. The Hall–Kier alpha value is -4.05. The Bertz CT molecular complexity index is 1140. The number of carbonyl (C=O) groups excluding carboxylic acids is 1. The molecule has 0 unspecified atom stereocenters. The zero-order valence-corrected chi connectivity index (χ0v) is 17.6. The number of benzene rings is 2. The lowest BCUT2D eigenvalue weighted by atomic mass is 9.90. The first kappa shape index (κ1) is 21.7. The van der Waals surface area contributed by atoms with Gasteiger partial charge in [-0.2, -0.15) is 5.26 Å². The average Bonchev–Trinajstić information content (AvgIpc) is 2.78. The smallest absolute Gasteiger partial charge is 0.344 e. The third-order valence-electron chi connectivity index (χ3n) is 4.68. The van der Waals surface area contributed by atoms with Gasteiger partial charge in [0.05, 0.1) is 13.7 Å². The van der Waals surface area contributed by atoms with E-state index in [-0.39, 0.29) is 24.6 Å². The molecular formula is C24H23N3O4. The second-order valence-corrected chi connectivity index (χ2v) is 6.64. The summed E-state index contributed by atoms with van der Waals surface area (Å²) in [6, 6.07) is 17.1. The highest BCUT2D eigenvalue weighted by atomic mass is 16.6. The maximum atomic E-state index is 11.6. The van der Waals surface area contributed by atoms with Crippen molar-refractivity contribution in [3.8, 4) is 39.8 Å². The predicted molar refractivity (Wildman–Crippen MR) is 118 cm³/mol. The Labute approximate surface area is 181 Å². The molecule has 31 heavy (non-hydrogen) atoms. The molecule has 0 atom stereocenters. The molecule has 0 radical (unpaired) electrons. The molecule has 1 aromatic heterocycles. The van der Waals surface area contributed by atoms with Crippen molar-refractivity contribution in [2.75, 3.05) is 26.1 Å². The van der Waals surface area contributed by atoms with Crippen molar-refractivity contribution >= 4 is 11.8 Å². The van der Waals surface area contributed by atoms with Crippen LogP contribution in [0.3, 0.4) is 0 Å². The SMILES string of the molecule is CCOC(=O)COc1ccc(-c2c(C#N)c(N)nc(C)c2-c2ccccc2)cc1OC. The fourth-order valence-corrected chi connectivity index (χ4v) is 3.37. The lowest BCUT2D eigenvalue weighted by molar-refractivity contribution is -0.145. The molecule has 0 saturated heterocycles. The molecule has 0 amide bonds. The van der Waals surface area contributed by atoms with Crippen molar-refractivity contribution in [3.63, 3.8) is 0 Å². The zero-order chi connectivity index (χ0) is 22.4. The number of carbonyl (C=O) groups is 1. The Morgan fingerprint density at radius 3 is 2.48 bits per heavy atom. The molecule has 2 aromatic carbocycles. The summed E-state index contributed by atoms with van der Waals surface area (Å²) >= 11 is 0. The van der Waals surface area contributed by atoms with Crippen LogP contribution in [-0.4, -0.2) is 31.3 Å². The van der Waals surface area contributed by atoms with Crippen LogP contribution in [0.25, 0.3) is 22.3 Å². The Kier molecular flexibility index (Phi) is 6.73. The molecule has 0 aliphatic carbocycles. The van der Waals surface area contributed by atoms with E-state index in [0.717, 1.165) is 11.1 Å². The van der Waals surface area contributed by atoms with Crippen LogP contribution in [0.15, 0.2) is 48.5 Å². The van der Waals surface area contributed by atoms with Crippen molar-refractivity contribution in [1.82, 2.24) is 4.98 Å². The van der Waals surface area contributed by atoms with E-state index in [1.807, 2.05) is 37.3 Å². The Morgan fingerprint density at radius 2 is 1.84 bits per heavy atom. The summed E-state index contributed by atoms with van der Waals surface area (Å²) in [4.78, 5) is 16.0. The topological polar surface area (TPSA) is 107 Å². The van der Waals surface area contributed by atoms with Gasteiger partial charge in [0.15, 0.2) is 18.1 Å². The maximum absolute atomic E-state index is 11.6. The van der Waals surface area contributed by atoms with E-state index in [0.29, 0.717) is 28.3 Å². The van der Waals surface area contributed by atoms with Gasteiger partial charge >= 0.3 is 5.97 Å². The minimum absolute atomic E-state index is 0.163. The van der Waals surface area contributed by atoms with Gasteiger partial charge in [-0.25, -0.2) is 9.78 Å². The van der Waals surface area contributed by atoms with E-state index in [4.69, 9.17) is 19.9 Å². The van der Waals surface area contributed by atoms with Gasteiger partial charge in [0.2, 0.25) is 0 Å². The first-order chi connectivity index (χ1) is 15.0. The number of ether oxygens (including phenoxy) is 3. The number of nitrogens with zero attached hydrogens (tertiary/aromatic N) is 2. The quantitative estimate of drug-likeness (QED) is 0.576. The van der Waals surface area contributed by atoms with E-state index < -0.39 is 5.97 Å². The normalized spacial score (nSPS) is 10.3. The lowest BCUT2D eigenvalue weighted by Crippen LogP contribution is -2.14. The van der Waals surface area contributed by atoms with Crippen LogP contribution < -0.4 is 15.2 Å². The largest absolute Gasteiger partial charge is 0.493 e. The van der Waals surface area contributed by atoms with Gasteiger partial charge in [-0.3, -0.25) is 0 Å². The molecule has 0 aliphatic rings. The summed E-state index contributed by atoms with van der Waals surface area (Å²) in [5.41, 5.74) is 10.2. The zero-order valence-electron chi connectivity index (χ0n) is 17.6. The summed E-state index contributed by atoms with van der Waals surface area (Å²) in [6.07, 6.45) is 0. The number of hydrogen-bond acceptors (Lipinski definition) is 7. The van der Waals surface area contributed by atoms with E-state index in [2.05, 4.69) is 11.1 Å². The minimum atomic E-state index is -0.468. The molecule has 7 nitrogen and oxygen atoms in total. The number of nitriles is 1. The van der Waals surface area contributed by atoms with Gasteiger partial charge in [-0.15, -0.1) is 0 Å². The maximum Gasteiger partial charge on any atom is 0.344 e. The molecule has 0 saturated carbocycles. The van der Waals surface area contributed by atoms with Gasteiger partial charge in [0, 0.05) is 16.8 Å². The molecule has 158 valence electrons. The highest BCUT2D eigenvalue weighted by molar-refractivity contribution is 5.91. The molecular weight excluding hydrogens is 394 g/mol. The van der Waals surface area contributed by atoms with Gasteiger partial charge in [-0.1, -0.05) is 36.4 Å². The second-order valence-electron chi connectivity index (χ2n) is 6.64. The number of nitrogens with two attached hydrogens (primary N) is 1. The highest BCUT2D eigenvalue weighted by Gasteiger charge is 2.21. The minimum Gasteiger partial charge on any atom is -0.493 e. The molecule has 2 N–H and O–H groups in total. The van der Waals surface area contributed by atoms with Gasteiger partial charge in [0.1, 0.15) is 17.5 Å². The first-order valence-corrected chi connectivity index (χ1v) is 9.72. The van der Waals surface area contributed by atoms with Crippen LogP contribution in [0.2, 0.25) is 0 Å². The van der Waals surface area contributed by atoms with Crippen LogP contribution in [0.5, 0.6) is 11.5 Å². The van der Waals surface area contributed by atoms with Crippen molar-refractivity contribution < 1.29 is 19.0 Å². The molecule has 1 heterocycles. The van der Waals surface area contributed by atoms with Gasteiger partial charge in [0.25, 0.3) is 0 Å². The van der Waals surface area contributed by atoms with Crippen LogP contribution in [0.1, 0.15) is 18.2 Å². The average molecular weight is 417 g/mol. The standard InChI is InChI=1S/C24H23N3O4/c1-4-30-21(28)14-31-19-11-10-17(12-20(19)29-3)23-18(13-25)24(26)27-15(2)22(23)16-8-6-5-7-9-16/h5-12H,4,14H2,1-3H3,(H2,26,27). The van der Waals surface area contributed by atoms with E-state index >= 15 is 0 Å². The molecule has 0 bridgehead atoms. The van der Waals surface area contributed by atoms with Crippen molar-refractivity contribution in [1.29, 1.82) is 5.26 Å². The van der Waals surface area contributed by atoms with Crippen LogP contribution in [0.4, 0.5) is 5.82 Å². The molecule has 3 rings (SSSR count). The summed E-state index contributed by atoms with van der Waals surface area (Å²) in [5.74, 6) is 0.496. The Morgan fingerprint density at radius 1 is 1.10 bits per heavy atom. The third-order valence-corrected chi connectivity index (χ3v) is 4.68. The molecule has 0 fully saturated rings. The number of hydrogen-bond donors (Lipinski definition) is 1. The summed E-state index contributed by atoms with van der Waals surface area (Å²) in [7, 11) is 1.51. The number of methoxy groups -OCH3 is 1. The van der Waals surface area contributed by atoms with Crippen molar-refractivity contribution in [3.05, 3.63) is 59.8 Å². The lowest BCUT2D eigenvalue weighted by Gasteiger charge is -2.18. The van der Waals surface area contributed by atoms with Crippen LogP contribution in [0, 0.1) is 18.3 Å². The fraction of sp³-hybridized carbons (Fsp3) is 0.208. The predicted octanol–water partition coefficient (Wildman–Crippen LogP) is 4.13. The number of anilines is 1. The first-order valence-electron chi connectivity index (χ1n) is 9.72. The number of pyridine rings is 1. The highest BCUT2D eigenvalue weighted by Crippen LogP contribution is 2.41. The van der Waals surface area contributed by atoms with Crippen molar-refractivity contribution in [2.45, 2.75) is 13.8 Å². The monoisotopic (exact) mass is 417 g/mol. The van der Waals surface area contributed by atoms with E-state index in [1.54, 1.807) is 25.1 Å². The number of aromatic nitrogens is 1. The van der Waals surface area contributed by atoms with Crippen molar-refractivity contribution in [2.24, 2.45) is 0 Å². The number of esters is 1. The second kappa shape index (κ2) is 9.63. The molecule has 0 aliphatic heterocycles. The number of rotatable bonds is 7. The number of nitrogen functional groups attached to an aromatic ring is 1. The summed E-state index contributed by atoms with van der Waals surface area (Å²) < 4.78 is 15.9. The van der Waals surface area contributed by atoms with Crippen LogP contribution >= 0.6 is 0 Å². The van der Waals surface area contributed by atoms with E-state index in [1.165, 1.54) is 7.11 Å². The third kappa shape index (κ3) is 4.59. The molecule has 0 spiro atoms. The number of aryl methyl sites for hydroxylation is 1. The summed E-state index contributed by atoms with van der Waals surface area (Å²) in [6.45, 7) is 3.63. The van der Waals surface area contributed by atoms with E-state index in [9.17, 15) is 10.1 Å². The molecule has 7 heteroatoms. The van der Waals surface area contributed by atoms with Gasteiger partial charge < -0.3 is 19.9 Å². The summed E-state index contributed by atoms with van der Waals surface area (Å²) in [5, 5.41) is 9.82. The molecule has 3 aromatic rings. The van der Waals surface area contributed by atoms with Gasteiger partial charge in [-0.05, 0) is 37.1 Å².